The summed E-state index contributed by atoms with van der Waals surface area (Å²) in [4.78, 5) is 42.1. The monoisotopic (exact) mass is 446 g/mol. The molecule has 0 bridgehead atoms. The van der Waals surface area contributed by atoms with Gasteiger partial charge in [-0.15, -0.1) is 0 Å². The van der Waals surface area contributed by atoms with Crippen molar-refractivity contribution in [3.63, 3.8) is 0 Å². The van der Waals surface area contributed by atoms with Gasteiger partial charge in [0.15, 0.2) is 0 Å². The minimum atomic E-state index is -0.845. The van der Waals surface area contributed by atoms with Crippen molar-refractivity contribution in [1.29, 1.82) is 0 Å². The summed E-state index contributed by atoms with van der Waals surface area (Å²) in [5, 5.41) is 1.10. The third-order valence-electron chi connectivity index (χ3n) is 5.57. The third-order valence-corrected chi connectivity index (χ3v) is 6.08. The Hall–Kier alpha value is -2.37. The van der Waals surface area contributed by atoms with E-state index in [0.29, 0.717) is 22.2 Å². The lowest BCUT2D eigenvalue weighted by atomic mass is 9.94. The number of rotatable bonds is 6. The fourth-order valence-electron chi connectivity index (χ4n) is 3.64. The maximum atomic E-state index is 13.3. The van der Waals surface area contributed by atoms with Crippen LogP contribution in [0.3, 0.4) is 0 Å². The van der Waals surface area contributed by atoms with Crippen molar-refractivity contribution in [3.05, 3.63) is 64.1 Å². The fraction of sp³-hybridized carbons (Fsp3) is 0.348. The van der Waals surface area contributed by atoms with E-state index >= 15 is 0 Å². The number of hydrogen-bond acceptors (Lipinski definition) is 3. The second kappa shape index (κ2) is 8.78. The minimum Gasteiger partial charge on any atom is -0.325 e. The predicted octanol–water partition coefficient (Wildman–Crippen LogP) is 4.89. The van der Waals surface area contributed by atoms with Crippen LogP contribution in [0.4, 0.5) is 5.69 Å². The summed E-state index contributed by atoms with van der Waals surface area (Å²) in [6.07, 6.45) is 0.717. The number of anilines is 1. The lowest BCUT2D eigenvalue weighted by Gasteiger charge is -2.41. The molecule has 0 spiro atoms. The van der Waals surface area contributed by atoms with Crippen LogP contribution in [0.5, 0.6) is 0 Å². The van der Waals surface area contributed by atoms with Crippen molar-refractivity contribution >= 4 is 46.6 Å². The Bertz CT molecular complexity index is 955. The van der Waals surface area contributed by atoms with Crippen LogP contribution in [0, 0.1) is 0 Å². The van der Waals surface area contributed by atoms with Gasteiger partial charge in [-0.25, -0.2) is 4.90 Å². The standard InChI is InChI=1S/C23H24Cl2N2O3/c1-4-23(2,3)27(21(29)13-15-5-7-16(24)8-6-15)19-14-20(28)26(22(19)30)18-11-9-17(25)10-12-18/h5-12,19H,4,13-14H2,1-3H3. The molecule has 1 aliphatic heterocycles. The molecular formula is C23H24Cl2N2O3. The van der Waals surface area contributed by atoms with Crippen molar-refractivity contribution in [2.75, 3.05) is 4.90 Å². The average Bonchev–Trinajstić information content (AvgIpc) is 2.98. The highest BCUT2D eigenvalue weighted by molar-refractivity contribution is 6.31. The number of carbonyl (C=O) groups is 3. The lowest BCUT2D eigenvalue weighted by Crippen LogP contribution is -2.56. The predicted molar refractivity (Wildman–Crippen MR) is 119 cm³/mol. The van der Waals surface area contributed by atoms with Gasteiger partial charge in [-0.1, -0.05) is 42.3 Å². The smallest absolute Gasteiger partial charge is 0.257 e. The normalized spacial score (nSPS) is 16.8. The first kappa shape index (κ1) is 22.3. The van der Waals surface area contributed by atoms with Gasteiger partial charge in [0.25, 0.3) is 5.91 Å². The van der Waals surface area contributed by atoms with Crippen LogP contribution in [0.2, 0.25) is 10.0 Å². The minimum absolute atomic E-state index is 0.0444. The Kier molecular flexibility index (Phi) is 6.53. The number of hydrogen-bond donors (Lipinski definition) is 0. The van der Waals surface area contributed by atoms with Crippen LogP contribution in [0.1, 0.15) is 39.2 Å². The van der Waals surface area contributed by atoms with E-state index in [1.807, 2.05) is 20.8 Å². The molecule has 0 aliphatic carbocycles. The molecule has 2 aromatic rings. The van der Waals surface area contributed by atoms with E-state index in [1.165, 1.54) is 0 Å². The van der Waals surface area contributed by atoms with Crippen LogP contribution >= 0.6 is 23.2 Å². The Morgan fingerprint density at radius 3 is 2.10 bits per heavy atom. The molecule has 1 fully saturated rings. The molecule has 1 atom stereocenters. The highest BCUT2D eigenvalue weighted by atomic mass is 35.5. The highest BCUT2D eigenvalue weighted by Gasteiger charge is 2.48. The van der Waals surface area contributed by atoms with Crippen LogP contribution in [-0.2, 0) is 20.8 Å². The summed E-state index contributed by atoms with van der Waals surface area (Å²) < 4.78 is 0. The number of carbonyl (C=O) groups excluding carboxylic acids is 3. The number of nitrogens with zero attached hydrogens (tertiary/aromatic N) is 2. The van der Waals surface area contributed by atoms with Gasteiger partial charge in [-0.2, -0.15) is 0 Å². The molecular weight excluding hydrogens is 423 g/mol. The Labute approximate surface area is 186 Å². The van der Waals surface area contributed by atoms with Gasteiger partial charge in [0, 0.05) is 15.6 Å². The summed E-state index contributed by atoms with van der Waals surface area (Å²) in [6, 6.07) is 12.7. The van der Waals surface area contributed by atoms with Gasteiger partial charge in [0.1, 0.15) is 6.04 Å². The molecule has 1 heterocycles. The van der Waals surface area contributed by atoms with Gasteiger partial charge in [0.2, 0.25) is 11.8 Å². The maximum absolute atomic E-state index is 13.3. The SMILES string of the molecule is CCC(C)(C)N(C(=O)Cc1ccc(Cl)cc1)C1CC(=O)N(c2ccc(Cl)cc2)C1=O. The first-order chi connectivity index (χ1) is 14.1. The van der Waals surface area contributed by atoms with Crippen molar-refractivity contribution in [3.8, 4) is 0 Å². The van der Waals surface area contributed by atoms with Gasteiger partial charge < -0.3 is 4.90 Å². The van der Waals surface area contributed by atoms with Crippen LogP contribution in [0.15, 0.2) is 48.5 Å². The average molecular weight is 447 g/mol. The highest BCUT2D eigenvalue weighted by Crippen LogP contribution is 2.32. The topological polar surface area (TPSA) is 57.7 Å². The van der Waals surface area contributed by atoms with E-state index in [0.717, 1.165) is 10.5 Å². The van der Waals surface area contributed by atoms with Gasteiger partial charge in [0.05, 0.1) is 18.5 Å². The van der Waals surface area contributed by atoms with Crippen LogP contribution in [0.25, 0.3) is 0 Å². The molecule has 2 aromatic carbocycles. The lowest BCUT2D eigenvalue weighted by molar-refractivity contribution is -0.144. The second-order valence-electron chi connectivity index (χ2n) is 8.00. The molecule has 5 nitrogen and oxygen atoms in total. The number of imide groups is 1. The zero-order valence-corrected chi connectivity index (χ0v) is 18.7. The molecule has 1 unspecified atom stereocenters. The molecule has 3 rings (SSSR count). The summed E-state index contributed by atoms with van der Waals surface area (Å²) >= 11 is 11.9. The number of amides is 3. The Morgan fingerprint density at radius 1 is 1.03 bits per heavy atom. The van der Waals surface area contributed by atoms with Crippen molar-refractivity contribution in [2.24, 2.45) is 0 Å². The first-order valence-electron chi connectivity index (χ1n) is 9.83. The molecule has 1 aliphatic rings. The van der Waals surface area contributed by atoms with E-state index in [4.69, 9.17) is 23.2 Å². The second-order valence-corrected chi connectivity index (χ2v) is 8.87. The van der Waals surface area contributed by atoms with Gasteiger partial charge in [-0.05, 0) is 62.2 Å². The molecule has 0 radical (unpaired) electrons. The number of halogens is 2. The fourth-order valence-corrected chi connectivity index (χ4v) is 3.90. The van der Waals surface area contributed by atoms with Crippen molar-refractivity contribution < 1.29 is 14.4 Å². The van der Waals surface area contributed by atoms with Crippen molar-refractivity contribution in [2.45, 2.75) is 51.6 Å². The molecule has 7 heteroatoms. The van der Waals surface area contributed by atoms with Gasteiger partial charge in [-0.3, -0.25) is 14.4 Å². The molecule has 0 aromatic heterocycles. The molecule has 0 saturated carbocycles. The number of benzene rings is 2. The van der Waals surface area contributed by atoms with Crippen LogP contribution in [-0.4, -0.2) is 34.2 Å². The molecule has 1 saturated heterocycles. The van der Waals surface area contributed by atoms with E-state index in [9.17, 15) is 14.4 Å². The molecule has 158 valence electrons. The van der Waals surface area contributed by atoms with Gasteiger partial charge >= 0.3 is 0 Å². The molecule has 30 heavy (non-hydrogen) atoms. The summed E-state index contributed by atoms with van der Waals surface area (Å²) in [6.45, 7) is 5.78. The summed E-state index contributed by atoms with van der Waals surface area (Å²) in [5.74, 6) is -0.926. The Morgan fingerprint density at radius 2 is 1.57 bits per heavy atom. The first-order valence-corrected chi connectivity index (χ1v) is 10.6. The van der Waals surface area contributed by atoms with Crippen molar-refractivity contribution in [1.82, 2.24) is 4.90 Å². The zero-order chi connectivity index (χ0) is 22.1. The largest absolute Gasteiger partial charge is 0.325 e. The summed E-state index contributed by atoms with van der Waals surface area (Å²) in [7, 11) is 0. The third kappa shape index (κ3) is 4.52. The quantitative estimate of drug-likeness (QED) is 0.593. The zero-order valence-electron chi connectivity index (χ0n) is 17.2. The molecule has 0 N–H and O–H groups in total. The van der Waals surface area contributed by atoms with E-state index in [1.54, 1.807) is 53.4 Å². The summed E-state index contributed by atoms with van der Waals surface area (Å²) in [5.41, 5.74) is 0.657. The van der Waals surface area contributed by atoms with E-state index < -0.39 is 17.5 Å². The van der Waals surface area contributed by atoms with E-state index in [-0.39, 0.29) is 24.7 Å². The molecule has 3 amide bonds. The van der Waals surface area contributed by atoms with Crippen LogP contribution < -0.4 is 4.90 Å². The maximum Gasteiger partial charge on any atom is 0.257 e. The Balaban J connectivity index is 1.91. The van der Waals surface area contributed by atoms with E-state index in [2.05, 4.69) is 0 Å².